The summed E-state index contributed by atoms with van der Waals surface area (Å²) in [4.78, 5) is 0.307. The van der Waals surface area contributed by atoms with Crippen LogP contribution in [0, 0.1) is 20.8 Å². The standard InChI is InChI=1S/C18H22N6O2S/c1-13-4-5-14(2)16(12-13)27(25,26)20-10-9-19-17-6-7-18(22-21-17)24-11-8-15(3)23-24/h4-8,11-12,20H,9-10H2,1-3H3,(H,19,21). The van der Waals surface area contributed by atoms with E-state index in [1.165, 1.54) is 0 Å². The zero-order chi connectivity index (χ0) is 19.4. The number of anilines is 1. The maximum Gasteiger partial charge on any atom is 0.240 e. The van der Waals surface area contributed by atoms with Crippen molar-refractivity contribution in [3.05, 3.63) is 59.4 Å². The van der Waals surface area contributed by atoms with Gasteiger partial charge in [-0.05, 0) is 56.2 Å². The second-order valence-electron chi connectivity index (χ2n) is 6.27. The van der Waals surface area contributed by atoms with Crippen molar-refractivity contribution in [2.45, 2.75) is 25.7 Å². The van der Waals surface area contributed by atoms with Crippen LogP contribution in [-0.4, -0.2) is 41.5 Å². The highest BCUT2D eigenvalue weighted by Gasteiger charge is 2.16. The van der Waals surface area contributed by atoms with Crippen LogP contribution in [0.15, 0.2) is 47.5 Å². The largest absolute Gasteiger partial charge is 0.367 e. The van der Waals surface area contributed by atoms with E-state index in [2.05, 4.69) is 25.3 Å². The van der Waals surface area contributed by atoms with E-state index < -0.39 is 10.0 Å². The van der Waals surface area contributed by atoms with Crippen LogP contribution in [0.25, 0.3) is 5.82 Å². The molecule has 0 amide bonds. The number of hydrogen-bond acceptors (Lipinski definition) is 6. The summed E-state index contributed by atoms with van der Waals surface area (Å²) in [5, 5.41) is 15.5. The van der Waals surface area contributed by atoms with Gasteiger partial charge in [0.2, 0.25) is 10.0 Å². The minimum Gasteiger partial charge on any atom is -0.367 e. The molecule has 3 rings (SSSR count). The van der Waals surface area contributed by atoms with Crippen molar-refractivity contribution in [1.29, 1.82) is 0 Å². The normalized spacial score (nSPS) is 11.5. The summed E-state index contributed by atoms with van der Waals surface area (Å²) in [5.41, 5.74) is 2.52. The number of aromatic nitrogens is 4. The van der Waals surface area contributed by atoms with Gasteiger partial charge < -0.3 is 5.32 Å². The average Bonchev–Trinajstić information content (AvgIpc) is 3.07. The first-order valence-electron chi connectivity index (χ1n) is 8.52. The second-order valence-corrected chi connectivity index (χ2v) is 8.01. The van der Waals surface area contributed by atoms with E-state index in [1.807, 2.05) is 32.2 Å². The lowest BCUT2D eigenvalue weighted by Gasteiger charge is -2.11. The highest BCUT2D eigenvalue weighted by atomic mass is 32.2. The third kappa shape index (κ3) is 4.69. The number of hydrogen-bond donors (Lipinski definition) is 2. The third-order valence-electron chi connectivity index (χ3n) is 3.96. The van der Waals surface area contributed by atoms with Crippen molar-refractivity contribution in [3.8, 4) is 5.82 Å². The third-order valence-corrected chi connectivity index (χ3v) is 5.57. The molecule has 2 N–H and O–H groups in total. The Labute approximate surface area is 158 Å². The van der Waals surface area contributed by atoms with Crippen molar-refractivity contribution in [2.24, 2.45) is 0 Å². The highest BCUT2D eigenvalue weighted by molar-refractivity contribution is 7.89. The van der Waals surface area contributed by atoms with Gasteiger partial charge in [0.15, 0.2) is 5.82 Å². The first-order valence-corrected chi connectivity index (χ1v) is 10.0. The van der Waals surface area contributed by atoms with Gasteiger partial charge >= 0.3 is 0 Å². The van der Waals surface area contributed by atoms with Crippen LogP contribution >= 0.6 is 0 Å². The number of rotatable bonds is 7. The lowest BCUT2D eigenvalue weighted by molar-refractivity contribution is 0.582. The molecule has 8 nitrogen and oxygen atoms in total. The molecule has 0 spiro atoms. The molecule has 0 aliphatic carbocycles. The molecule has 27 heavy (non-hydrogen) atoms. The number of benzene rings is 1. The Kier molecular flexibility index (Phi) is 5.52. The summed E-state index contributed by atoms with van der Waals surface area (Å²) < 4.78 is 29.1. The number of aryl methyl sites for hydroxylation is 3. The van der Waals surface area contributed by atoms with Crippen LogP contribution in [0.4, 0.5) is 5.82 Å². The van der Waals surface area contributed by atoms with E-state index in [0.717, 1.165) is 16.8 Å². The summed E-state index contributed by atoms with van der Waals surface area (Å²) in [6.07, 6.45) is 1.81. The molecule has 0 saturated carbocycles. The summed E-state index contributed by atoms with van der Waals surface area (Å²) in [6.45, 7) is 6.17. The maximum absolute atomic E-state index is 12.4. The van der Waals surface area contributed by atoms with E-state index in [1.54, 1.807) is 35.9 Å². The molecule has 0 unspecified atom stereocenters. The van der Waals surface area contributed by atoms with Gasteiger partial charge in [0.25, 0.3) is 0 Å². The molecule has 0 atom stereocenters. The van der Waals surface area contributed by atoms with E-state index >= 15 is 0 Å². The molecule has 0 radical (unpaired) electrons. The number of nitrogens with one attached hydrogen (secondary N) is 2. The Morgan fingerprint density at radius 2 is 1.81 bits per heavy atom. The minimum atomic E-state index is -3.55. The van der Waals surface area contributed by atoms with Gasteiger partial charge in [-0.25, -0.2) is 17.8 Å². The summed E-state index contributed by atoms with van der Waals surface area (Å²) in [7, 11) is -3.55. The summed E-state index contributed by atoms with van der Waals surface area (Å²) in [5.74, 6) is 1.18. The van der Waals surface area contributed by atoms with Crippen LogP contribution in [0.2, 0.25) is 0 Å². The molecule has 2 heterocycles. The van der Waals surface area contributed by atoms with Crippen LogP contribution in [0.3, 0.4) is 0 Å². The Morgan fingerprint density at radius 3 is 2.48 bits per heavy atom. The van der Waals surface area contributed by atoms with Crippen molar-refractivity contribution in [3.63, 3.8) is 0 Å². The molecular formula is C18H22N6O2S. The fourth-order valence-corrected chi connectivity index (χ4v) is 3.89. The van der Waals surface area contributed by atoms with E-state index in [4.69, 9.17) is 0 Å². The molecule has 0 aliphatic rings. The van der Waals surface area contributed by atoms with Gasteiger partial charge in [-0.2, -0.15) is 5.10 Å². The van der Waals surface area contributed by atoms with Crippen molar-refractivity contribution >= 4 is 15.8 Å². The summed E-state index contributed by atoms with van der Waals surface area (Å²) in [6, 6.07) is 10.8. The fourth-order valence-electron chi connectivity index (χ4n) is 2.53. The second kappa shape index (κ2) is 7.85. The quantitative estimate of drug-likeness (QED) is 0.602. The van der Waals surface area contributed by atoms with E-state index in [-0.39, 0.29) is 6.54 Å². The van der Waals surface area contributed by atoms with Crippen LogP contribution in [-0.2, 0) is 10.0 Å². The molecule has 2 aromatic heterocycles. The van der Waals surface area contributed by atoms with E-state index in [0.29, 0.717) is 23.1 Å². The summed E-state index contributed by atoms with van der Waals surface area (Å²) >= 11 is 0. The van der Waals surface area contributed by atoms with Gasteiger partial charge in [-0.1, -0.05) is 12.1 Å². The first-order chi connectivity index (χ1) is 12.8. The number of nitrogens with zero attached hydrogens (tertiary/aromatic N) is 4. The smallest absolute Gasteiger partial charge is 0.240 e. The zero-order valence-corrected chi connectivity index (χ0v) is 16.3. The van der Waals surface area contributed by atoms with Gasteiger partial charge in [0, 0.05) is 19.3 Å². The minimum absolute atomic E-state index is 0.234. The van der Waals surface area contributed by atoms with E-state index in [9.17, 15) is 8.42 Å². The van der Waals surface area contributed by atoms with Crippen molar-refractivity contribution < 1.29 is 8.42 Å². The Balaban J connectivity index is 1.54. The lowest BCUT2D eigenvalue weighted by Crippen LogP contribution is -2.29. The molecule has 142 valence electrons. The predicted molar refractivity (Wildman–Crippen MR) is 103 cm³/mol. The van der Waals surface area contributed by atoms with Crippen LogP contribution in [0.1, 0.15) is 16.8 Å². The molecule has 0 aliphatic heterocycles. The highest BCUT2D eigenvalue weighted by Crippen LogP contribution is 2.16. The van der Waals surface area contributed by atoms with Gasteiger partial charge in [0.05, 0.1) is 10.6 Å². The number of sulfonamides is 1. The molecule has 0 bridgehead atoms. The molecule has 0 saturated heterocycles. The molecule has 1 aromatic carbocycles. The maximum atomic E-state index is 12.4. The van der Waals surface area contributed by atoms with Crippen LogP contribution in [0.5, 0.6) is 0 Å². The van der Waals surface area contributed by atoms with Gasteiger partial charge in [-0.3, -0.25) is 0 Å². The van der Waals surface area contributed by atoms with Crippen LogP contribution < -0.4 is 10.0 Å². The molecule has 3 aromatic rings. The average molecular weight is 386 g/mol. The zero-order valence-electron chi connectivity index (χ0n) is 15.5. The fraction of sp³-hybridized carbons (Fsp3) is 0.278. The van der Waals surface area contributed by atoms with Crippen molar-refractivity contribution in [2.75, 3.05) is 18.4 Å². The molecule has 0 fully saturated rings. The lowest BCUT2D eigenvalue weighted by atomic mass is 10.2. The predicted octanol–water partition coefficient (Wildman–Crippen LogP) is 1.98. The monoisotopic (exact) mass is 386 g/mol. The Morgan fingerprint density at radius 1 is 1.00 bits per heavy atom. The Bertz CT molecular complexity index is 1030. The van der Waals surface area contributed by atoms with Gasteiger partial charge in [-0.15, -0.1) is 10.2 Å². The SMILES string of the molecule is Cc1ccc(C)c(S(=O)(=O)NCCNc2ccc(-n3ccc(C)n3)nn2)c1. The molecule has 9 heteroatoms. The topological polar surface area (TPSA) is 102 Å². The van der Waals surface area contributed by atoms with Crippen molar-refractivity contribution in [1.82, 2.24) is 24.7 Å². The Hall–Kier alpha value is -2.78. The molecular weight excluding hydrogens is 364 g/mol. The first kappa shape index (κ1) is 19.0. The van der Waals surface area contributed by atoms with Gasteiger partial charge in [0.1, 0.15) is 5.82 Å².